The van der Waals surface area contributed by atoms with E-state index in [4.69, 9.17) is 5.73 Å². The standard InChI is InChI=1S/C15H22N4S/c1-18-7-8-20-10-15(18)12(16)9-13-11-5-3-4-6-14(11)19(2)17-13/h3-6,12,15H,7-10,16H2,1-2H3. The number of hydrogen-bond donors (Lipinski definition) is 1. The van der Waals surface area contributed by atoms with Gasteiger partial charge in [0, 0.05) is 49.0 Å². The Morgan fingerprint density at radius 3 is 3.00 bits per heavy atom. The van der Waals surface area contributed by atoms with Crippen molar-refractivity contribution in [2.75, 3.05) is 25.1 Å². The van der Waals surface area contributed by atoms with Gasteiger partial charge in [-0.2, -0.15) is 16.9 Å². The molecule has 2 unspecified atom stereocenters. The molecule has 1 fully saturated rings. The van der Waals surface area contributed by atoms with Gasteiger partial charge in [-0.1, -0.05) is 18.2 Å². The molecule has 2 aromatic rings. The van der Waals surface area contributed by atoms with Crippen LogP contribution in [0.4, 0.5) is 0 Å². The van der Waals surface area contributed by atoms with Crippen LogP contribution in [0.5, 0.6) is 0 Å². The van der Waals surface area contributed by atoms with Crippen LogP contribution in [0, 0.1) is 0 Å². The van der Waals surface area contributed by atoms with Crippen molar-refractivity contribution in [2.45, 2.75) is 18.5 Å². The molecule has 5 heteroatoms. The smallest absolute Gasteiger partial charge is 0.0719 e. The van der Waals surface area contributed by atoms with E-state index >= 15 is 0 Å². The van der Waals surface area contributed by atoms with Gasteiger partial charge in [-0.05, 0) is 13.1 Å². The number of likely N-dealkylation sites (N-methyl/N-ethyl adjacent to an activating group) is 1. The first kappa shape index (κ1) is 13.9. The third kappa shape index (κ3) is 2.57. The van der Waals surface area contributed by atoms with E-state index < -0.39 is 0 Å². The molecule has 0 aliphatic carbocycles. The summed E-state index contributed by atoms with van der Waals surface area (Å²) in [4.78, 5) is 2.40. The molecule has 0 spiro atoms. The predicted molar refractivity (Wildman–Crippen MR) is 86.1 cm³/mol. The summed E-state index contributed by atoms with van der Waals surface area (Å²) in [6.07, 6.45) is 0.844. The van der Waals surface area contributed by atoms with Crippen molar-refractivity contribution in [3.05, 3.63) is 30.0 Å². The van der Waals surface area contributed by atoms with E-state index in [2.05, 4.69) is 41.3 Å². The van der Waals surface area contributed by atoms with Gasteiger partial charge in [0.25, 0.3) is 0 Å². The molecule has 108 valence electrons. The first-order chi connectivity index (χ1) is 9.66. The first-order valence-corrected chi connectivity index (χ1v) is 8.26. The number of hydrogen-bond acceptors (Lipinski definition) is 4. The molecule has 1 aromatic heterocycles. The Hall–Kier alpha value is -1.04. The Labute approximate surface area is 124 Å². The summed E-state index contributed by atoms with van der Waals surface area (Å²) in [6, 6.07) is 8.98. The zero-order chi connectivity index (χ0) is 14.1. The zero-order valence-corrected chi connectivity index (χ0v) is 12.9. The molecule has 0 bridgehead atoms. The minimum Gasteiger partial charge on any atom is -0.326 e. The van der Waals surface area contributed by atoms with Gasteiger partial charge < -0.3 is 10.6 Å². The molecule has 0 saturated carbocycles. The average Bonchev–Trinajstić information content (AvgIpc) is 2.76. The quantitative estimate of drug-likeness (QED) is 0.930. The highest BCUT2D eigenvalue weighted by molar-refractivity contribution is 7.99. The van der Waals surface area contributed by atoms with E-state index in [1.54, 1.807) is 0 Å². The van der Waals surface area contributed by atoms with Crippen molar-refractivity contribution < 1.29 is 0 Å². The summed E-state index contributed by atoms with van der Waals surface area (Å²) >= 11 is 2.01. The Balaban J connectivity index is 1.82. The van der Waals surface area contributed by atoms with Gasteiger partial charge in [-0.3, -0.25) is 4.68 Å². The molecule has 0 amide bonds. The van der Waals surface area contributed by atoms with E-state index in [1.807, 2.05) is 23.5 Å². The molecule has 1 aromatic carbocycles. The van der Waals surface area contributed by atoms with Crippen LogP contribution in [-0.4, -0.2) is 51.9 Å². The maximum Gasteiger partial charge on any atom is 0.0719 e. The van der Waals surface area contributed by atoms with Crippen LogP contribution in [0.1, 0.15) is 5.69 Å². The summed E-state index contributed by atoms with van der Waals surface area (Å²) in [5, 5.41) is 5.89. The van der Waals surface area contributed by atoms with E-state index in [-0.39, 0.29) is 6.04 Å². The maximum atomic E-state index is 6.47. The van der Waals surface area contributed by atoms with Gasteiger partial charge in [0.1, 0.15) is 0 Å². The minimum absolute atomic E-state index is 0.145. The number of rotatable bonds is 3. The Morgan fingerprint density at radius 1 is 1.40 bits per heavy atom. The number of para-hydroxylation sites is 1. The highest BCUT2D eigenvalue weighted by Gasteiger charge is 2.26. The van der Waals surface area contributed by atoms with Gasteiger partial charge in [0.15, 0.2) is 0 Å². The monoisotopic (exact) mass is 290 g/mol. The van der Waals surface area contributed by atoms with Crippen molar-refractivity contribution in [3.8, 4) is 0 Å². The largest absolute Gasteiger partial charge is 0.326 e. The Kier molecular flexibility index (Phi) is 4.01. The second-order valence-electron chi connectivity index (χ2n) is 5.58. The van der Waals surface area contributed by atoms with Crippen LogP contribution in [0.2, 0.25) is 0 Å². The second kappa shape index (κ2) is 5.76. The fourth-order valence-corrected chi connectivity index (χ4v) is 4.28. The molecule has 3 rings (SSSR count). The highest BCUT2D eigenvalue weighted by atomic mass is 32.2. The van der Waals surface area contributed by atoms with Gasteiger partial charge in [0.2, 0.25) is 0 Å². The minimum atomic E-state index is 0.145. The fourth-order valence-electron chi connectivity index (χ4n) is 2.95. The lowest BCUT2D eigenvalue weighted by atomic mass is 10.0. The number of fused-ring (bicyclic) bond motifs is 1. The van der Waals surface area contributed by atoms with Crippen LogP contribution in [-0.2, 0) is 13.5 Å². The maximum absolute atomic E-state index is 6.47. The molecule has 2 atom stereocenters. The topological polar surface area (TPSA) is 47.1 Å². The fraction of sp³-hybridized carbons (Fsp3) is 0.533. The molecule has 1 saturated heterocycles. The first-order valence-electron chi connectivity index (χ1n) is 7.11. The molecule has 0 radical (unpaired) electrons. The normalized spacial score (nSPS) is 22.2. The summed E-state index contributed by atoms with van der Waals surface area (Å²) in [7, 11) is 4.18. The van der Waals surface area contributed by atoms with Crippen molar-refractivity contribution in [1.82, 2.24) is 14.7 Å². The number of aryl methyl sites for hydroxylation is 1. The van der Waals surface area contributed by atoms with Gasteiger partial charge in [-0.15, -0.1) is 0 Å². The zero-order valence-electron chi connectivity index (χ0n) is 12.1. The van der Waals surface area contributed by atoms with Crippen LogP contribution in [0.15, 0.2) is 24.3 Å². The van der Waals surface area contributed by atoms with Crippen LogP contribution < -0.4 is 5.73 Å². The molecular formula is C15H22N4S. The van der Waals surface area contributed by atoms with Crippen LogP contribution >= 0.6 is 11.8 Å². The predicted octanol–water partition coefficient (Wildman–Crippen LogP) is 1.49. The van der Waals surface area contributed by atoms with E-state index in [0.29, 0.717) is 6.04 Å². The number of nitrogens with two attached hydrogens (primary N) is 1. The SMILES string of the molecule is CN1CCSCC1C(N)Cc1nn(C)c2ccccc12. The molecule has 1 aliphatic rings. The van der Waals surface area contributed by atoms with E-state index in [9.17, 15) is 0 Å². The van der Waals surface area contributed by atoms with Crippen LogP contribution in [0.25, 0.3) is 10.9 Å². The summed E-state index contributed by atoms with van der Waals surface area (Å²) in [5.41, 5.74) is 8.77. The van der Waals surface area contributed by atoms with Gasteiger partial charge in [-0.25, -0.2) is 0 Å². The molecule has 1 aliphatic heterocycles. The number of aromatic nitrogens is 2. The van der Waals surface area contributed by atoms with Crippen LogP contribution in [0.3, 0.4) is 0 Å². The Bertz CT molecular complexity index is 595. The van der Waals surface area contributed by atoms with Gasteiger partial charge >= 0.3 is 0 Å². The van der Waals surface area contributed by atoms with E-state index in [1.165, 1.54) is 16.7 Å². The number of nitrogens with zero attached hydrogens (tertiary/aromatic N) is 3. The lowest BCUT2D eigenvalue weighted by Crippen LogP contribution is -2.51. The van der Waals surface area contributed by atoms with E-state index in [0.717, 1.165) is 24.4 Å². The Morgan fingerprint density at radius 2 is 2.20 bits per heavy atom. The van der Waals surface area contributed by atoms with Gasteiger partial charge in [0.05, 0.1) is 11.2 Å². The highest BCUT2D eigenvalue weighted by Crippen LogP contribution is 2.22. The lowest BCUT2D eigenvalue weighted by molar-refractivity contribution is 0.235. The third-order valence-electron chi connectivity index (χ3n) is 4.20. The molecular weight excluding hydrogens is 268 g/mol. The second-order valence-corrected chi connectivity index (χ2v) is 6.73. The number of thioether (sulfide) groups is 1. The number of benzene rings is 1. The summed E-state index contributed by atoms with van der Waals surface area (Å²) < 4.78 is 1.96. The third-order valence-corrected chi connectivity index (χ3v) is 5.25. The molecule has 2 heterocycles. The summed E-state index contributed by atoms with van der Waals surface area (Å²) in [5.74, 6) is 2.34. The van der Waals surface area contributed by atoms with Crippen molar-refractivity contribution in [2.24, 2.45) is 12.8 Å². The van der Waals surface area contributed by atoms with Crippen molar-refractivity contribution >= 4 is 22.7 Å². The van der Waals surface area contributed by atoms with Crippen molar-refractivity contribution in [3.63, 3.8) is 0 Å². The molecule has 2 N–H and O–H groups in total. The molecule has 4 nitrogen and oxygen atoms in total. The average molecular weight is 290 g/mol. The lowest BCUT2D eigenvalue weighted by Gasteiger charge is -2.35. The summed E-state index contributed by atoms with van der Waals surface area (Å²) in [6.45, 7) is 1.13. The molecule has 20 heavy (non-hydrogen) atoms. The van der Waals surface area contributed by atoms with Crippen molar-refractivity contribution in [1.29, 1.82) is 0 Å².